The van der Waals surface area contributed by atoms with E-state index in [1.54, 1.807) is 24.3 Å². The second kappa shape index (κ2) is 33.8. The molecule has 0 radical (unpaired) electrons. The lowest BCUT2D eigenvalue weighted by molar-refractivity contribution is -0.138. The van der Waals surface area contributed by atoms with Crippen molar-refractivity contribution in [3.63, 3.8) is 0 Å². The van der Waals surface area contributed by atoms with Crippen LogP contribution in [0.15, 0.2) is 394 Å². The largest absolute Gasteiger partial charge is 0.416 e. The van der Waals surface area contributed by atoms with Crippen LogP contribution in [0.4, 0.5) is 26.3 Å². The van der Waals surface area contributed by atoms with Crippen LogP contribution in [0, 0.1) is 34.6 Å². The minimum absolute atomic E-state index is 0.429. The lowest BCUT2D eigenvalue weighted by Gasteiger charge is -2.21. The molecular weight excluding hydrogens is 1610 g/mol. The van der Waals surface area contributed by atoms with Crippen molar-refractivity contribution < 1.29 is 26.3 Å². The molecule has 0 saturated heterocycles. The summed E-state index contributed by atoms with van der Waals surface area (Å²) in [6.07, 6.45) is -9.01. The highest BCUT2D eigenvalue weighted by Gasteiger charge is 2.33. The number of hydrogen-bond donors (Lipinski definition) is 0. The molecule has 0 N–H and O–H groups in total. The lowest BCUT2D eigenvalue weighted by atomic mass is 9.91. The Morgan fingerprint density at radius 3 is 0.698 bits per heavy atom. The highest BCUT2D eigenvalue weighted by atomic mass is 19.4. The molecule has 0 aliphatic carbocycles. The molecule has 0 aliphatic heterocycles. The number of hydrogen-bond acceptors (Lipinski definition) is 6. The molecular formula is C115H80F6N8. The van der Waals surface area contributed by atoms with E-state index in [1.807, 2.05) is 146 Å². The normalized spacial score (nSPS) is 11.7. The highest BCUT2D eigenvalue weighted by molar-refractivity contribution is 6.14. The summed E-state index contributed by atoms with van der Waals surface area (Å²) < 4.78 is 89.6. The van der Waals surface area contributed by atoms with Crippen LogP contribution < -0.4 is 0 Å². The van der Waals surface area contributed by atoms with Crippen LogP contribution in [0.5, 0.6) is 0 Å². The molecule has 8 nitrogen and oxygen atoms in total. The van der Waals surface area contributed by atoms with Gasteiger partial charge in [-0.3, -0.25) is 0 Å². The minimum atomic E-state index is -4.51. The Labute approximate surface area is 742 Å². The van der Waals surface area contributed by atoms with Crippen LogP contribution >= 0.6 is 0 Å². The number of rotatable bonds is 15. The number of nitrogens with zero attached hydrogens (tertiary/aromatic N) is 8. The average Bonchev–Trinajstić information content (AvgIpc) is 1.59. The van der Waals surface area contributed by atoms with Crippen molar-refractivity contribution in [3.05, 3.63) is 433 Å². The van der Waals surface area contributed by atoms with Crippen molar-refractivity contribution >= 4 is 43.6 Å². The molecule has 0 spiro atoms. The quantitative estimate of drug-likeness (QED) is 0.0951. The Morgan fingerprint density at radius 1 is 0.178 bits per heavy atom. The maximum Gasteiger partial charge on any atom is 0.416 e. The van der Waals surface area contributed by atoms with Gasteiger partial charge in [-0.2, -0.15) is 26.3 Å². The fourth-order valence-electron chi connectivity index (χ4n) is 17.4. The van der Waals surface area contributed by atoms with E-state index in [2.05, 4.69) is 244 Å². The first-order valence-corrected chi connectivity index (χ1v) is 42.7. The number of alkyl halides is 6. The van der Waals surface area contributed by atoms with Crippen LogP contribution in [0.3, 0.4) is 0 Å². The number of para-hydroxylation sites is 1. The van der Waals surface area contributed by atoms with Crippen molar-refractivity contribution in [3.8, 4) is 158 Å². The van der Waals surface area contributed by atoms with Gasteiger partial charge in [0.05, 0.1) is 44.6 Å². The van der Waals surface area contributed by atoms with E-state index in [4.69, 9.17) is 29.9 Å². The maximum atomic E-state index is 14.3. The number of fused-ring (bicyclic) bond motifs is 6. The van der Waals surface area contributed by atoms with Crippen LogP contribution in [0.1, 0.15) is 38.9 Å². The first kappa shape index (κ1) is 81.3. The van der Waals surface area contributed by atoms with Gasteiger partial charge < -0.3 is 9.13 Å². The molecule has 17 aromatic carbocycles. The Hall–Kier alpha value is -16.1. The van der Waals surface area contributed by atoms with Gasteiger partial charge >= 0.3 is 12.4 Å². The van der Waals surface area contributed by atoms with Gasteiger partial charge in [-0.15, -0.1) is 0 Å². The molecule has 0 aliphatic rings. The van der Waals surface area contributed by atoms with Gasteiger partial charge in [0.1, 0.15) is 0 Å². The summed E-state index contributed by atoms with van der Waals surface area (Å²) in [6.45, 7) is 10.4. The van der Waals surface area contributed by atoms with Crippen LogP contribution in [0.25, 0.3) is 201 Å². The summed E-state index contributed by atoms with van der Waals surface area (Å²) in [5.41, 5.74) is 27.2. The van der Waals surface area contributed by atoms with E-state index in [0.717, 1.165) is 174 Å². The molecule has 622 valence electrons. The van der Waals surface area contributed by atoms with E-state index in [-0.39, 0.29) is 0 Å². The molecule has 0 fully saturated rings. The van der Waals surface area contributed by atoms with E-state index in [0.29, 0.717) is 62.8 Å². The Balaban J connectivity index is 0.000000163. The molecule has 21 rings (SSSR count). The Morgan fingerprint density at radius 2 is 0.411 bits per heavy atom. The van der Waals surface area contributed by atoms with E-state index < -0.39 is 23.5 Å². The zero-order valence-corrected chi connectivity index (χ0v) is 70.9. The van der Waals surface area contributed by atoms with E-state index in [1.165, 1.54) is 16.7 Å². The molecule has 4 heterocycles. The van der Waals surface area contributed by atoms with Crippen LogP contribution in [-0.4, -0.2) is 39.0 Å². The number of halogens is 6. The number of benzene rings is 17. The molecule has 21 aromatic rings. The first-order valence-electron chi connectivity index (χ1n) is 42.7. The van der Waals surface area contributed by atoms with Gasteiger partial charge in [-0.1, -0.05) is 331 Å². The fraction of sp³-hybridized carbons (Fsp3) is 0.0609. The van der Waals surface area contributed by atoms with Crippen molar-refractivity contribution in [1.82, 2.24) is 39.0 Å². The number of aryl methyl sites for hydroxylation is 5. The van der Waals surface area contributed by atoms with Crippen molar-refractivity contribution in [2.75, 3.05) is 0 Å². The van der Waals surface area contributed by atoms with Crippen LogP contribution in [0.2, 0.25) is 0 Å². The predicted molar refractivity (Wildman–Crippen MR) is 513 cm³/mol. The van der Waals surface area contributed by atoms with Gasteiger partial charge in [0.15, 0.2) is 34.9 Å². The molecule has 0 atom stereocenters. The second-order valence-corrected chi connectivity index (χ2v) is 32.8. The second-order valence-electron chi connectivity index (χ2n) is 32.8. The molecule has 0 amide bonds. The topological polar surface area (TPSA) is 87.2 Å². The van der Waals surface area contributed by atoms with E-state index >= 15 is 0 Å². The molecule has 129 heavy (non-hydrogen) atoms. The molecule has 0 bridgehead atoms. The molecule has 0 unspecified atom stereocenters. The van der Waals surface area contributed by atoms with Crippen LogP contribution in [-0.2, 0) is 12.4 Å². The summed E-state index contributed by atoms with van der Waals surface area (Å²) in [6, 6.07) is 129. The maximum absolute atomic E-state index is 14.3. The third-order valence-electron chi connectivity index (χ3n) is 23.8. The summed E-state index contributed by atoms with van der Waals surface area (Å²) in [4.78, 5) is 30.3. The molecule has 14 heteroatoms. The average molecular weight is 1690 g/mol. The van der Waals surface area contributed by atoms with Gasteiger partial charge in [0.25, 0.3) is 0 Å². The summed E-state index contributed by atoms with van der Waals surface area (Å²) in [5, 5.41) is 4.21. The standard InChI is InChI=1S/C61H43F3N4.C54H37F3N4/c1-38-20-22-41(23-21-38)51-36-49(60-66-58(43-14-6-4-7-15-43)65-59(67-60)44-16-8-5-9-17-44)37-52(42-24-28-50(29-25-42)61(62,63)64)57(51)68-55-30-26-47(45-18-10-12-39(2)32-45)34-53(55)54-35-48(27-31-56(54)68)46-19-11-13-40(3)33-46;1-34-20-22-36(23-21-34)45-32-42(53-59-51(38-13-5-3-6-14-38)58-52(60-53)39-15-7-4-8-16-39)33-46(37-24-27-43(28-25-37)54(55,56)57)50(45)61-48-19-10-9-18-44(48)47-31-41(26-29-49(47)61)40-17-11-12-35(2)30-40/h4-37H,1-3H3;3-33H,1-2H3. The van der Waals surface area contributed by atoms with Gasteiger partial charge in [0, 0.05) is 77.2 Å². The fourth-order valence-corrected chi connectivity index (χ4v) is 17.4. The van der Waals surface area contributed by atoms with Gasteiger partial charge in [-0.25, -0.2) is 29.9 Å². The van der Waals surface area contributed by atoms with Crippen molar-refractivity contribution in [2.45, 2.75) is 47.0 Å². The predicted octanol–water partition coefficient (Wildman–Crippen LogP) is 31.2. The minimum Gasteiger partial charge on any atom is -0.308 e. The van der Waals surface area contributed by atoms with Gasteiger partial charge in [-0.05, 0) is 181 Å². The van der Waals surface area contributed by atoms with Crippen molar-refractivity contribution in [1.29, 1.82) is 0 Å². The molecule has 4 aromatic heterocycles. The summed E-state index contributed by atoms with van der Waals surface area (Å²) >= 11 is 0. The molecule has 0 saturated carbocycles. The Kier molecular flexibility index (Phi) is 21.3. The third kappa shape index (κ3) is 16.3. The summed E-state index contributed by atoms with van der Waals surface area (Å²) in [5.74, 6) is 2.89. The van der Waals surface area contributed by atoms with E-state index in [9.17, 15) is 26.3 Å². The Bertz CT molecular complexity index is 7610. The third-order valence-corrected chi connectivity index (χ3v) is 23.8. The summed E-state index contributed by atoms with van der Waals surface area (Å²) in [7, 11) is 0. The zero-order chi connectivity index (χ0) is 88.2. The first-order chi connectivity index (χ1) is 62.7. The SMILES string of the molecule is Cc1ccc(-c2cc(-c3nc(-c4ccccc4)nc(-c4ccccc4)n3)cc(-c3ccc(C(F)(F)F)cc3)c2-n2c3ccc(-c4cccc(C)c4)cc3c3cc(-c4cccc(C)c4)ccc32)cc1.Cc1ccc(-c2cc(-c3nc(-c4ccccc4)nc(-c4ccccc4)n3)cc(-c3ccc(C(F)(F)F)cc3)c2-n2c3ccccc3c3cc(-c4cccc(C)c4)ccc32)cc1. The van der Waals surface area contributed by atoms with Crippen molar-refractivity contribution in [2.24, 2.45) is 0 Å². The van der Waals surface area contributed by atoms with Gasteiger partial charge in [0.2, 0.25) is 0 Å². The zero-order valence-electron chi connectivity index (χ0n) is 70.9. The highest BCUT2D eigenvalue weighted by Crippen LogP contribution is 2.49. The number of aromatic nitrogens is 8. The smallest absolute Gasteiger partial charge is 0.308 e. The lowest BCUT2D eigenvalue weighted by Crippen LogP contribution is -2.05. The monoisotopic (exact) mass is 1690 g/mol.